The lowest BCUT2D eigenvalue weighted by atomic mass is 10.1. The van der Waals surface area contributed by atoms with Crippen LogP contribution in [-0.4, -0.2) is 36.4 Å². The van der Waals surface area contributed by atoms with Crippen molar-refractivity contribution >= 4 is 41.7 Å². The quantitative estimate of drug-likeness (QED) is 0.635. The molecule has 0 aromatic heterocycles. The maximum absolute atomic E-state index is 11.9. The first-order valence-electron chi connectivity index (χ1n) is 6.64. The van der Waals surface area contributed by atoms with Gasteiger partial charge < -0.3 is 16.4 Å². The number of hydrogen-bond acceptors (Lipinski definition) is 4. The normalized spacial score (nSPS) is 9.62. The molecule has 2 amide bonds. The van der Waals surface area contributed by atoms with Gasteiger partial charge in [-0.1, -0.05) is 19.1 Å². The number of amides is 2. The highest BCUT2D eigenvalue weighted by molar-refractivity contribution is 7.99. The second-order valence-electron chi connectivity index (χ2n) is 4.19. The van der Waals surface area contributed by atoms with Crippen molar-refractivity contribution in [1.82, 2.24) is 5.32 Å². The highest BCUT2D eigenvalue weighted by Gasteiger charge is 2.12. The van der Waals surface area contributed by atoms with E-state index in [4.69, 9.17) is 5.73 Å². The molecule has 0 aliphatic rings. The summed E-state index contributed by atoms with van der Waals surface area (Å²) in [6.07, 6.45) is 1.04. The largest absolute Gasteiger partial charge is 0.351 e. The Bertz CT molecular complexity index is 458. The Labute approximate surface area is 135 Å². The average Bonchev–Trinajstić information content (AvgIpc) is 2.45. The zero-order chi connectivity index (χ0) is 14.8. The molecule has 0 fully saturated rings. The molecule has 0 atom stereocenters. The summed E-state index contributed by atoms with van der Waals surface area (Å²) in [6.45, 7) is 2.86. The van der Waals surface area contributed by atoms with Crippen molar-refractivity contribution in [2.24, 2.45) is 5.73 Å². The number of hydrogen-bond donors (Lipinski definition) is 3. The molecular formula is C14H22ClN3O2S. The third kappa shape index (κ3) is 7.36. The van der Waals surface area contributed by atoms with Crippen LogP contribution in [0.1, 0.15) is 23.7 Å². The highest BCUT2D eigenvalue weighted by atomic mass is 35.5. The van der Waals surface area contributed by atoms with Crippen molar-refractivity contribution in [3.05, 3.63) is 29.8 Å². The Hall–Kier alpha value is -1.24. The van der Waals surface area contributed by atoms with Crippen molar-refractivity contribution in [1.29, 1.82) is 0 Å². The van der Waals surface area contributed by atoms with Crippen LogP contribution in [0.25, 0.3) is 0 Å². The van der Waals surface area contributed by atoms with E-state index < -0.39 is 0 Å². The number of para-hydroxylation sites is 1. The molecule has 0 aliphatic heterocycles. The van der Waals surface area contributed by atoms with Gasteiger partial charge in [-0.25, -0.2) is 0 Å². The number of rotatable bonds is 8. The Kier molecular flexibility index (Phi) is 10.7. The van der Waals surface area contributed by atoms with Crippen molar-refractivity contribution < 1.29 is 9.59 Å². The SMILES string of the molecule is CCCSCC(=O)Nc1ccccc1C(=O)NCCN.Cl. The van der Waals surface area contributed by atoms with Crippen LogP contribution in [0, 0.1) is 0 Å². The van der Waals surface area contributed by atoms with Gasteiger partial charge in [-0.2, -0.15) is 11.8 Å². The van der Waals surface area contributed by atoms with E-state index in [0.29, 0.717) is 30.1 Å². The number of thioether (sulfide) groups is 1. The second-order valence-corrected chi connectivity index (χ2v) is 5.30. The zero-order valence-electron chi connectivity index (χ0n) is 12.1. The summed E-state index contributed by atoms with van der Waals surface area (Å²) in [5.74, 6) is 1.02. The van der Waals surface area contributed by atoms with Gasteiger partial charge in [-0.15, -0.1) is 12.4 Å². The second kappa shape index (κ2) is 11.4. The fraction of sp³-hybridized carbons (Fsp3) is 0.429. The molecule has 0 unspecified atom stereocenters. The van der Waals surface area contributed by atoms with Gasteiger partial charge in [0.25, 0.3) is 5.91 Å². The van der Waals surface area contributed by atoms with Crippen LogP contribution in [0.3, 0.4) is 0 Å². The molecule has 0 aliphatic carbocycles. The van der Waals surface area contributed by atoms with Crippen LogP contribution in [0.15, 0.2) is 24.3 Å². The molecule has 0 radical (unpaired) electrons. The first-order valence-corrected chi connectivity index (χ1v) is 7.79. The van der Waals surface area contributed by atoms with Crippen LogP contribution < -0.4 is 16.4 Å². The van der Waals surface area contributed by atoms with Gasteiger partial charge in [-0.3, -0.25) is 9.59 Å². The third-order valence-corrected chi connectivity index (χ3v) is 3.62. The van der Waals surface area contributed by atoms with E-state index in [1.807, 2.05) is 0 Å². The number of carbonyl (C=O) groups excluding carboxylic acids is 2. The summed E-state index contributed by atoms with van der Waals surface area (Å²) >= 11 is 1.58. The zero-order valence-corrected chi connectivity index (χ0v) is 13.7. The van der Waals surface area contributed by atoms with Crippen LogP contribution in [0.5, 0.6) is 0 Å². The van der Waals surface area contributed by atoms with Gasteiger partial charge in [0.05, 0.1) is 17.0 Å². The topological polar surface area (TPSA) is 84.2 Å². The maximum Gasteiger partial charge on any atom is 0.253 e. The van der Waals surface area contributed by atoms with E-state index >= 15 is 0 Å². The molecular weight excluding hydrogens is 310 g/mol. The molecule has 4 N–H and O–H groups in total. The van der Waals surface area contributed by atoms with E-state index in [1.54, 1.807) is 36.0 Å². The van der Waals surface area contributed by atoms with Crippen molar-refractivity contribution in [2.75, 3.05) is 29.9 Å². The Morgan fingerprint density at radius 3 is 2.67 bits per heavy atom. The Balaban J connectivity index is 0.00000400. The van der Waals surface area contributed by atoms with Crippen molar-refractivity contribution in [3.63, 3.8) is 0 Å². The molecule has 5 nitrogen and oxygen atoms in total. The summed E-state index contributed by atoms with van der Waals surface area (Å²) in [7, 11) is 0. The molecule has 1 rings (SSSR count). The van der Waals surface area contributed by atoms with Gasteiger partial charge in [0, 0.05) is 13.1 Å². The number of nitrogens with one attached hydrogen (secondary N) is 2. The molecule has 0 saturated carbocycles. The number of carbonyl (C=O) groups is 2. The molecule has 118 valence electrons. The molecule has 21 heavy (non-hydrogen) atoms. The van der Waals surface area contributed by atoms with Gasteiger partial charge in [0.15, 0.2) is 0 Å². The minimum atomic E-state index is -0.229. The molecule has 7 heteroatoms. The van der Waals surface area contributed by atoms with Crippen LogP contribution in [-0.2, 0) is 4.79 Å². The molecule has 1 aromatic carbocycles. The lowest BCUT2D eigenvalue weighted by Crippen LogP contribution is -2.30. The fourth-order valence-electron chi connectivity index (χ4n) is 1.57. The van der Waals surface area contributed by atoms with Crippen LogP contribution >= 0.6 is 24.2 Å². The average molecular weight is 332 g/mol. The van der Waals surface area contributed by atoms with E-state index in [-0.39, 0.29) is 24.2 Å². The first kappa shape index (κ1) is 19.8. The molecule has 0 saturated heterocycles. The standard InChI is InChI=1S/C14H21N3O2S.ClH/c1-2-9-20-10-13(18)17-12-6-4-3-5-11(12)14(19)16-8-7-15;/h3-6H,2,7-10,15H2,1H3,(H,16,19)(H,17,18);1H. The molecule has 0 spiro atoms. The van der Waals surface area contributed by atoms with Crippen LogP contribution in [0.2, 0.25) is 0 Å². The van der Waals surface area contributed by atoms with Gasteiger partial charge in [-0.05, 0) is 24.3 Å². The monoisotopic (exact) mass is 331 g/mol. The summed E-state index contributed by atoms with van der Waals surface area (Å²) < 4.78 is 0. The smallest absolute Gasteiger partial charge is 0.253 e. The molecule has 0 bridgehead atoms. The first-order chi connectivity index (χ1) is 9.69. The van der Waals surface area contributed by atoms with E-state index in [0.717, 1.165) is 12.2 Å². The Morgan fingerprint density at radius 2 is 2.00 bits per heavy atom. The minimum Gasteiger partial charge on any atom is -0.351 e. The van der Waals surface area contributed by atoms with Crippen LogP contribution in [0.4, 0.5) is 5.69 Å². The predicted octanol–water partition coefficient (Wildman–Crippen LogP) is 1.88. The number of halogens is 1. The predicted molar refractivity (Wildman–Crippen MR) is 91.3 cm³/mol. The van der Waals surface area contributed by atoms with E-state index in [1.165, 1.54) is 0 Å². The summed E-state index contributed by atoms with van der Waals surface area (Å²) in [4.78, 5) is 23.7. The molecule has 1 aromatic rings. The number of benzene rings is 1. The summed E-state index contributed by atoms with van der Waals surface area (Å²) in [5.41, 5.74) is 6.34. The van der Waals surface area contributed by atoms with E-state index in [9.17, 15) is 9.59 Å². The van der Waals surface area contributed by atoms with Crippen molar-refractivity contribution in [2.45, 2.75) is 13.3 Å². The number of anilines is 1. The summed E-state index contributed by atoms with van der Waals surface area (Å²) in [5, 5.41) is 5.47. The minimum absolute atomic E-state index is 0. The summed E-state index contributed by atoms with van der Waals surface area (Å²) in [6, 6.07) is 6.95. The fourth-order valence-corrected chi connectivity index (χ4v) is 2.26. The van der Waals surface area contributed by atoms with E-state index in [2.05, 4.69) is 17.6 Å². The highest BCUT2D eigenvalue weighted by Crippen LogP contribution is 2.15. The lowest BCUT2D eigenvalue weighted by molar-refractivity contribution is -0.113. The van der Waals surface area contributed by atoms with Crippen molar-refractivity contribution in [3.8, 4) is 0 Å². The van der Waals surface area contributed by atoms with Gasteiger partial charge >= 0.3 is 0 Å². The number of nitrogens with two attached hydrogens (primary N) is 1. The lowest BCUT2D eigenvalue weighted by Gasteiger charge is -2.11. The molecule has 0 heterocycles. The van der Waals surface area contributed by atoms with Gasteiger partial charge in [0.2, 0.25) is 5.91 Å². The maximum atomic E-state index is 11.9. The van der Waals surface area contributed by atoms with Gasteiger partial charge in [0.1, 0.15) is 0 Å². The Morgan fingerprint density at radius 1 is 1.29 bits per heavy atom. The third-order valence-electron chi connectivity index (χ3n) is 2.46.